The van der Waals surface area contributed by atoms with E-state index >= 15 is 0 Å². The summed E-state index contributed by atoms with van der Waals surface area (Å²) in [7, 11) is -2.98. The van der Waals surface area contributed by atoms with E-state index < -0.39 is 15.5 Å². The Kier molecular flexibility index (Phi) is 17.7. The van der Waals surface area contributed by atoms with Gasteiger partial charge in [0.05, 0.1) is 0 Å². The number of hydrogen-bond donors (Lipinski definition) is 0. The van der Waals surface area contributed by atoms with Crippen LogP contribution in [-0.4, -0.2) is 15.5 Å². The van der Waals surface area contributed by atoms with Gasteiger partial charge in [-0.2, -0.15) is 23.2 Å². The van der Waals surface area contributed by atoms with Gasteiger partial charge < -0.3 is 24.8 Å². The van der Waals surface area contributed by atoms with Crippen molar-refractivity contribution in [3.05, 3.63) is 47.7 Å². The molecule has 134 valence electrons. The van der Waals surface area contributed by atoms with Crippen molar-refractivity contribution in [2.24, 2.45) is 0 Å². The quantitative estimate of drug-likeness (QED) is 0.292. The van der Waals surface area contributed by atoms with Crippen LogP contribution in [0.1, 0.15) is 32.6 Å². The first-order valence-electron chi connectivity index (χ1n) is 7.98. The fourth-order valence-corrected chi connectivity index (χ4v) is 16.8. The number of allylic oxidation sites excluding steroid dienone is 8. The Morgan fingerprint density at radius 1 is 1.12 bits per heavy atom. The zero-order valence-corrected chi connectivity index (χ0v) is 22.2. The van der Waals surface area contributed by atoms with Crippen LogP contribution in [0, 0.1) is 12.2 Å². The summed E-state index contributed by atoms with van der Waals surface area (Å²) in [6.45, 7) is 11.8. The van der Waals surface area contributed by atoms with Crippen molar-refractivity contribution in [3.8, 4) is 0 Å². The fourth-order valence-electron chi connectivity index (χ4n) is 3.23. The van der Waals surface area contributed by atoms with Crippen LogP contribution in [0.15, 0.2) is 35.6 Å². The Morgan fingerprint density at radius 3 is 2.04 bits per heavy atom. The molecule has 0 bridgehead atoms. The second-order valence-electron chi connectivity index (χ2n) is 6.83. The zero-order valence-electron chi connectivity index (χ0n) is 15.4. The van der Waals surface area contributed by atoms with Crippen molar-refractivity contribution in [2.75, 3.05) is 0 Å². The summed E-state index contributed by atoms with van der Waals surface area (Å²) in [6.07, 6.45) is 21.6. The predicted molar refractivity (Wildman–Crippen MR) is 102 cm³/mol. The van der Waals surface area contributed by atoms with Crippen LogP contribution in [0.3, 0.4) is 0 Å². The molecule has 0 radical (unpaired) electrons. The van der Waals surface area contributed by atoms with Gasteiger partial charge >= 0.3 is 26.2 Å². The maximum atomic E-state index is 6.75. The van der Waals surface area contributed by atoms with Crippen LogP contribution in [0.25, 0.3) is 0 Å². The molecular weight excluding hydrogens is 470 g/mol. The van der Waals surface area contributed by atoms with E-state index in [1.165, 1.54) is 18.0 Å². The third-order valence-corrected chi connectivity index (χ3v) is 15.6. The Labute approximate surface area is 188 Å². The van der Waals surface area contributed by atoms with Crippen LogP contribution in [-0.2, 0) is 26.2 Å². The summed E-state index contributed by atoms with van der Waals surface area (Å²) >= 11 is 6.75. The minimum Gasteiger partial charge on any atom is -1.00 e. The molecule has 0 aromatic rings. The Balaban J connectivity index is -0.000000475. The second-order valence-corrected chi connectivity index (χ2v) is 18.8. The first-order chi connectivity index (χ1) is 9.80. The molecule has 1 atom stereocenters. The summed E-state index contributed by atoms with van der Waals surface area (Å²) in [4.78, 5) is 0. The van der Waals surface area contributed by atoms with Gasteiger partial charge in [-0.3, -0.25) is 12.2 Å². The van der Waals surface area contributed by atoms with Crippen LogP contribution < -0.4 is 24.8 Å². The molecule has 0 saturated carbocycles. The third-order valence-electron chi connectivity index (χ3n) is 4.25. The molecular formula is C18H29Cl3Si2Zr. The smallest absolute Gasteiger partial charge is 1.00 e. The predicted octanol–water partition coefficient (Wildman–Crippen LogP) is 0.388. The summed E-state index contributed by atoms with van der Waals surface area (Å²) in [5.41, 5.74) is 0. The average Bonchev–Trinajstić information content (AvgIpc) is 3.07. The molecule has 0 amide bonds. The maximum Gasteiger partial charge on any atom is 4.00 e. The van der Waals surface area contributed by atoms with Gasteiger partial charge in [0.1, 0.15) is 0 Å². The first-order valence-corrected chi connectivity index (χ1v) is 15.1. The minimum absolute atomic E-state index is 0. The molecule has 24 heavy (non-hydrogen) atoms. The molecule has 6 heteroatoms. The molecule has 2 rings (SSSR count). The van der Waals surface area contributed by atoms with Crippen LogP contribution in [0.2, 0.25) is 31.4 Å². The van der Waals surface area contributed by atoms with E-state index in [1.54, 1.807) is 0 Å². The summed E-state index contributed by atoms with van der Waals surface area (Å²) < 4.78 is 0. The van der Waals surface area contributed by atoms with E-state index in [2.05, 4.69) is 63.5 Å². The maximum absolute atomic E-state index is 6.75. The molecule has 0 aromatic carbocycles. The minimum atomic E-state index is -1.57. The summed E-state index contributed by atoms with van der Waals surface area (Å²) in [6, 6.07) is 0. The molecule has 2 aliphatic carbocycles. The van der Waals surface area contributed by atoms with Gasteiger partial charge in [0.15, 0.2) is 7.38 Å². The van der Waals surface area contributed by atoms with Gasteiger partial charge in [-0.15, -0.1) is 12.8 Å². The summed E-state index contributed by atoms with van der Waals surface area (Å²) in [5, 5.41) is 2.27. The van der Waals surface area contributed by atoms with E-state index in [-0.39, 0.29) is 51.0 Å². The van der Waals surface area contributed by atoms with Gasteiger partial charge in [0, 0.05) is 8.07 Å². The molecule has 0 aromatic heterocycles. The molecule has 0 spiro atoms. The van der Waals surface area contributed by atoms with E-state index in [4.69, 9.17) is 11.1 Å². The van der Waals surface area contributed by atoms with E-state index in [0.717, 1.165) is 18.0 Å². The zero-order chi connectivity index (χ0) is 15.9. The largest absolute Gasteiger partial charge is 4.00 e. The van der Waals surface area contributed by atoms with Gasteiger partial charge in [0.25, 0.3) is 0 Å². The van der Waals surface area contributed by atoms with Crippen molar-refractivity contribution in [3.63, 3.8) is 0 Å². The van der Waals surface area contributed by atoms with E-state index in [1.807, 2.05) is 12.2 Å². The third kappa shape index (κ3) is 9.74. The first kappa shape index (κ1) is 29.9. The van der Waals surface area contributed by atoms with Crippen molar-refractivity contribution in [1.29, 1.82) is 0 Å². The molecule has 0 fully saturated rings. The number of hydrogen-bond acceptors (Lipinski definition) is 0. The van der Waals surface area contributed by atoms with Gasteiger partial charge in [-0.25, -0.2) is 23.4 Å². The Hall–Kier alpha value is 1.15. The number of rotatable bonds is 5. The molecule has 2 aliphatic rings. The fraction of sp³-hybridized carbons (Fsp3) is 0.556. The second kappa shape index (κ2) is 14.2. The molecule has 0 nitrogen and oxygen atoms in total. The standard InChI is InChI=1S/C13H24ClSi2.C5H5.2ClH.Zr/c1-6-9-13(16(4,5)14)15(2,3)12-10-7-8-11-12;1-2-4-5-3-1;;;/h7,10,13H,6,8-9H2,1-5H3;1-3H,4H2;2*1H;/q2*-1;;;+4/p-2. The molecule has 1 unspecified atom stereocenters. The monoisotopic (exact) mass is 496 g/mol. The van der Waals surface area contributed by atoms with Crippen molar-refractivity contribution < 1.29 is 51.0 Å². The van der Waals surface area contributed by atoms with Crippen molar-refractivity contribution >= 4 is 26.5 Å². The molecule has 0 heterocycles. The number of halogens is 3. The van der Waals surface area contributed by atoms with Crippen molar-refractivity contribution in [2.45, 2.75) is 64.0 Å². The van der Waals surface area contributed by atoms with Crippen LogP contribution in [0.5, 0.6) is 0 Å². The van der Waals surface area contributed by atoms with Gasteiger partial charge in [0.2, 0.25) is 0 Å². The van der Waals surface area contributed by atoms with E-state index in [0.29, 0.717) is 0 Å². The molecule has 0 saturated heterocycles. The van der Waals surface area contributed by atoms with Gasteiger partial charge in [-0.1, -0.05) is 46.0 Å². The Morgan fingerprint density at radius 2 is 1.75 bits per heavy atom. The summed E-state index contributed by atoms with van der Waals surface area (Å²) in [5.74, 6) is 0. The van der Waals surface area contributed by atoms with E-state index in [9.17, 15) is 0 Å². The SMILES string of the molecule is CCCC([Si](C)(C)Cl)[Si](C)(C)C1=[C-]CC=C1.[C-]1=CC=CC1.[Cl-].[Cl-].[Zr+4]. The molecule has 0 aliphatic heterocycles. The van der Waals surface area contributed by atoms with Crippen molar-refractivity contribution in [1.82, 2.24) is 0 Å². The Bertz CT molecular complexity index is 440. The normalized spacial score (nSPS) is 16.2. The van der Waals surface area contributed by atoms with Crippen LogP contribution >= 0.6 is 11.1 Å². The molecule has 0 N–H and O–H groups in total. The van der Waals surface area contributed by atoms with Gasteiger partial charge in [-0.05, 0) is 5.16 Å². The topological polar surface area (TPSA) is 0 Å². The average molecular weight is 499 g/mol. The van der Waals surface area contributed by atoms with Crippen LogP contribution in [0.4, 0.5) is 0 Å².